The maximum absolute atomic E-state index is 12.8. The number of nitrogens with zero attached hydrogens (tertiary/aromatic N) is 1. The van der Waals surface area contributed by atoms with E-state index in [0.29, 0.717) is 31.8 Å². The van der Waals surface area contributed by atoms with Gasteiger partial charge in [0.05, 0.1) is 4.90 Å². The van der Waals surface area contributed by atoms with Crippen LogP contribution in [0.2, 0.25) is 0 Å². The van der Waals surface area contributed by atoms with E-state index < -0.39 is 15.9 Å². The van der Waals surface area contributed by atoms with Crippen LogP contribution in [-0.4, -0.2) is 38.7 Å². The molecule has 1 aliphatic rings. The molecule has 31 heavy (non-hydrogen) atoms. The van der Waals surface area contributed by atoms with Crippen LogP contribution >= 0.6 is 0 Å². The Hall–Kier alpha value is -2.68. The zero-order chi connectivity index (χ0) is 22.4. The number of nitrogens with one attached hydrogen (secondary N) is 2. The fourth-order valence-corrected chi connectivity index (χ4v) is 4.98. The standard InChI is InChI=1S/C23H29N3O4S/c1-17(2)18-7-10-21(11-8-18)31(29,30)25-20-13-15-26(16-14-20)22-6-4-3-5-19(22)9-12-23(27)24-28/h3-12,17,20,25,28H,13-16H2,1-2H3,(H,24,27)/b12-9+. The lowest BCUT2D eigenvalue weighted by atomic mass is 10.0. The van der Waals surface area contributed by atoms with Gasteiger partial charge in [0.1, 0.15) is 0 Å². The fraction of sp³-hybridized carbons (Fsp3) is 0.348. The fourth-order valence-electron chi connectivity index (χ4n) is 3.68. The maximum atomic E-state index is 12.8. The topological polar surface area (TPSA) is 98.7 Å². The summed E-state index contributed by atoms with van der Waals surface area (Å²) in [5.74, 6) is -0.242. The first-order valence-corrected chi connectivity index (χ1v) is 11.9. The summed E-state index contributed by atoms with van der Waals surface area (Å²) in [6, 6.07) is 14.6. The van der Waals surface area contributed by atoms with Crippen molar-refractivity contribution in [2.24, 2.45) is 0 Å². The number of benzene rings is 2. The third-order valence-corrected chi connectivity index (χ3v) is 7.01. The van der Waals surface area contributed by atoms with Gasteiger partial charge < -0.3 is 4.90 Å². The molecule has 1 amide bonds. The largest absolute Gasteiger partial charge is 0.371 e. The van der Waals surface area contributed by atoms with Crippen LogP contribution in [0.25, 0.3) is 6.08 Å². The Morgan fingerprint density at radius 2 is 1.74 bits per heavy atom. The highest BCUT2D eigenvalue weighted by Gasteiger charge is 2.25. The molecule has 166 valence electrons. The second-order valence-corrected chi connectivity index (χ2v) is 9.69. The number of para-hydroxylation sites is 1. The van der Waals surface area contributed by atoms with Gasteiger partial charge in [0.2, 0.25) is 10.0 Å². The molecular formula is C23H29N3O4S. The molecule has 0 atom stereocenters. The third-order valence-electron chi connectivity index (χ3n) is 5.48. The first kappa shape index (κ1) is 23.0. The predicted octanol–water partition coefficient (Wildman–Crippen LogP) is 3.28. The Bertz CT molecular complexity index is 1030. The highest BCUT2D eigenvalue weighted by Crippen LogP contribution is 2.26. The van der Waals surface area contributed by atoms with Crippen LogP contribution < -0.4 is 15.1 Å². The van der Waals surface area contributed by atoms with Crippen LogP contribution in [-0.2, 0) is 14.8 Å². The van der Waals surface area contributed by atoms with E-state index in [9.17, 15) is 13.2 Å². The second kappa shape index (κ2) is 10.1. The molecule has 7 nitrogen and oxygen atoms in total. The number of hydrogen-bond donors (Lipinski definition) is 3. The van der Waals surface area contributed by atoms with Crippen molar-refractivity contribution in [2.45, 2.75) is 43.5 Å². The molecule has 0 saturated carbocycles. The number of hydroxylamine groups is 1. The third kappa shape index (κ3) is 5.94. The van der Waals surface area contributed by atoms with E-state index in [1.54, 1.807) is 23.7 Å². The monoisotopic (exact) mass is 443 g/mol. The smallest absolute Gasteiger partial charge is 0.267 e. The van der Waals surface area contributed by atoms with Crippen molar-refractivity contribution in [3.05, 3.63) is 65.7 Å². The number of hydrogen-bond acceptors (Lipinski definition) is 5. The van der Waals surface area contributed by atoms with Crippen LogP contribution in [0.15, 0.2) is 59.5 Å². The Balaban J connectivity index is 1.64. The number of carbonyl (C=O) groups is 1. The highest BCUT2D eigenvalue weighted by molar-refractivity contribution is 7.89. The minimum atomic E-state index is -3.56. The zero-order valence-electron chi connectivity index (χ0n) is 17.8. The molecule has 1 fully saturated rings. The summed E-state index contributed by atoms with van der Waals surface area (Å²) >= 11 is 0. The van der Waals surface area contributed by atoms with Crippen LogP contribution in [0.4, 0.5) is 5.69 Å². The van der Waals surface area contributed by atoms with Gasteiger partial charge in [-0.15, -0.1) is 0 Å². The summed E-state index contributed by atoms with van der Waals surface area (Å²) in [7, 11) is -3.56. The van der Waals surface area contributed by atoms with Crippen molar-refractivity contribution in [1.82, 2.24) is 10.2 Å². The molecule has 0 radical (unpaired) electrons. The number of piperidine rings is 1. The molecule has 2 aromatic rings. The Morgan fingerprint density at radius 3 is 2.35 bits per heavy atom. The lowest BCUT2D eigenvalue weighted by Gasteiger charge is -2.34. The molecule has 1 saturated heterocycles. The van der Waals surface area contributed by atoms with Crippen LogP contribution in [0.3, 0.4) is 0 Å². The first-order chi connectivity index (χ1) is 14.8. The van der Waals surface area contributed by atoms with E-state index in [1.807, 2.05) is 36.4 Å². The zero-order valence-corrected chi connectivity index (χ0v) is 18.6. The average molecular weight is 444 g/mol. The molecule has 0 spiro atoms. The summed E-state index contributed by atoms with van der Waals surface area (Å²) in [6.07, 6.45) is 4.28. The molecule has 1 aliphatic heterocycles. The van der Waals surface area contributed by atoms with Gasteiger partial charge in [0.25, 0.3) is 5.91 Å². The number of carbonyl (C=O) groups excluding carboxylic acids is 1. The minimum absolute atomic E-state index is 0.131. The SMILES string of the molecule is CC(C)c1ccc(S(=O)(=O)NC2CCN(c3ccccc3/C=C/C(=O)NO)CC2)cc1. The lowest BCUT2D eigenvalue weighted by molar-refractivity contribution is -0.124. The second-order valence-electron chi connectivity index (χ2n) is 7.97. The summed E-state index contributed by atoms with van der Waals surface area (Å²) in [5.41, 5.74) is 4.51. The van der Waals surface area contributed by atoms with E-state index in [4.69, 9.17) is 5.21 Å². The Kier molecular flexibility index (Phi) is 7.48. The number of rotatable bonds is 7. The molecule has 8 heteroatoms. The van der Waals surface area contributed by atoms with Gasteiger partial charge in [-0.05, 0) is 54.2 Å². The quantitative estimate of drug-likeness (QED) is 0.347. The van der Waals surface area contributed by atoms with E-state index in [2.05, 4.69) is 23.5 Å². The van der Waals surface area contributed by atoms with E-state index >= 15 is 0 Å². The van der Waals surface area contributed by atoms with Crippen molar-refractivity contribution < 1.29 is 18.4 Å². The summed E-state index contributed by atoms with van der Waals surface area (Å²) in [4.78, 5) is 13.8. The average Bonchev–Trinajstić information content (AvgIpc) is 2.78. The number of sulfonamides is 1. The van der Waals surface area contributed by atoms with Crippen molar-refractivity contribution in [3.8, 4) is 0 Å². The molecule has 3 rings (SSSR count). The minimum Gasteiger partial charge on any atom is -0.371 e. The van der Waals surface area contributed by atoms with E-state index in [1.165, 1.54) is 6.08 Å². The first-order valence-electron chi connectivity index (χ1n) is 10.4. The van der Waals surface area contributed by atoms with Crippen LogP contribution in [0, 0.1) is 0 Å². The van der Waals surface area contributed by atoms with Gasteiger partial charge in [-0.2, -0.15) is 0 Å². The molecule has 2 aromatic carbocycles. The number of amides is 1. The Labute approximate surface area is 183 Å². The van der Waals surface area contributed by atoms with Gasteiger partial charge in [0.15, 0.2) is 0 Å². The molecule has 0 aliphatic carbocycles. The number of anilines is 1. The maximum Gasteiger partial charge on any atom is 0.267 e. The Morgan fingerprint density at radius 1 is 1.10 bits per heavy atom. The van der Waals surface area contributed by atoms with Crippen LogP contribution in [0.1, 0.15) is 43.7 Å². The summed E-state index contributed by atoms with van der Waals surface area (Å²) in [5, 5.41) is 8.66. The van der Waals surface area contributed by atoms with Gasteiger partial charge in [-0.25, -0.2) is 18.6 Å². The van der Waals surface area contributed by atoms with Gasteiger partial charge in [0, 0.05) is 30.9 Å². The van der Waals surface area contributed by atoms with Crippen molar-refractivity contribution in [1.29, 1.82) is 0 Å². The molecule has 1 heterocycles. The van der Waals surface area contributed by atoms with Crippen molar-refractivity contribution in [2.75, 3.05) is 18.0 Å². The van der Waals surface area contributed by atoms with Crippen molar-refractivity contribution >= 4 is 27.7 Å². The molecule has 3 N–H and O–H groups in total. The molecular weight excluding hydrogens is 414 g/mol. The van der Waals surface area contributed by atoms with E-state index in [0.717, 1.165) is 16.8 Å². The normalized spacial score (nSPS) is 15.5. The van der Waals surface area contributed by atoms with Crippen molar-refractivity contribution in [3.63, 3.8) is 0 Å². The van der Waals surface area contributed by atoms with Gasteiger partial charge in [-0.1, -0.05) is 44.2 Å². The van der Waals surface area contributed by atoms with Gasteiger partial charge in [-0.3, -0.25) is 10.0 Å². The van der Waals surface area contributed by atoms with Gasteiger partial charge >= 0.3 is 0 Å². The van der Waals surface area contributed by atoms with E-state index in [-0.39, 0.29) is 10.9 Å². The summed E-state index contributed by atoms with van der Waals surface area (Å²) < 4.78 is 28.4. The molecule has 0 bridgehead atoms. The highest BCUT2D eigenvalue weighted by atomic mass is 32.2. The molecule has 0 aromatic heterocycles. The lowest BCUT2D eigenvalue weighted by Crippen LogP contribution is -2.44. The summed E-state index contributed by atoms with van der Waals surface area (Å²) in [6.45, 7) is 5.53. The molecule has 0 unspecified atom stereocenters. The predicted molar refractivity (Wildman–Crippen MR) is 121 cm³/mol. The van der Waals surface area contributed by atoms with Crippen LogP contribution in [0.5, 0.6) is 0 Å².